The Morgan fingerprint density at radius 2 is 1.78 bits per heavy atom. The number of urea groups is 1. The van der Waals surface area contributed by atoms with Gasteiger partial charge in [-0.2, -0.15) is 0 Å². The van der Waals surface area contributed by atoms with Gasteiger partial charge >= 0.3 is 12.0 Å². The number of amides is 3. The van der Waals surface area contributed by atoms with Crippen LogP contribution in [0, 0.1) is 5.41 Å². The van der Waals surface area contributed by atoms with Crippen LogP contribution in [0.5, 0.6) is 0 Å². The highest BCUT2D eigenvalue weighted by molar-refractivity contribution is 5.84. The largest absolute Gasteiger partial charge is 0.465 e. The minimum Gasteiger partial charge on any atom is -0.465 e. The first-order chi connectivity index (χ1) is 8.33. The molecule has 0 saturated heterocycles. The zero-order valence-corrected chi connectivity index (χ0v) is 11.3. The molecule has 18 heavy (non-hydrogen) atoms. The lowest BCUT2D eigenvalue weighted by molar-refractivity contribution is -0.141. The molecule has 104 valence electrons. The quantitative estimate of drug-likeness (QED) is 0.566. The molecule has 0 aromatic heterocycles. The Morgan fingerprint density at radius 3 is 2.28 bits per heavy atom. The molecule has 0 aromatic carbocycles. The molecule has 3 amide bonds. The number of hydrogen-bond donors (Lipinski definition) is 3. The predicted molar refractivity (Wildman–Crippen MR) is 65.9 cm³/mol. The van der Waals surface area contributed by atoms with Gasteiger partial charge < -0.3 is 20.7 Å². The molecule has 3 N–H and O–H groups in total. The van der Waals surface area contributed by atoms with Crippen molar-refractivity contribution in [3.8, 4) is 0 Å². The minimum atomic E-state index is -0.712. The van der Waals surface area contributed by atoms with E-state index in [0.29, 0.717) is 0 Å². The van der Waals surface area contributed by atoms with Crippen molar-refractivity contribution in [1.29, 1.82) is 0 Å². The van der Waals surface area contributed by atoms with Crippen molar-refractivity contribution in [2.75, 3.05) is 26.7 Å². The van der Waals surface area contributed by atoms with Crippen LogP contribution < -0.4 is 16.0 Å². The van der Waals surface area contributed by atoms with E-state index in [1.165, 1.54) is 7.05 Å². The second kappa shape index (κ2) is 7.52. The Hall–Kier alpha value is -1.79. The fourth-order valence-corrected chi connectivity index (χ4v) is 1.15. The smallest absolute Gasteiger partial charge is 0.325 e. The first-order valence-corrected chi connectivity index (χ1v) is 5.73. The maximum atomic E-state index is 11.4. The van der Waals surface area contributed by atoms with Gasteiger partial charge in [-0.05, 0) is 20.8 Å². The van der Waals surface area contributed by atoms with Crippen molar-refractivity contribution in [3.05, 3.63) is 0 Å². The van der Waals surface area contributed by atoms with Gasteiger partial charge in [0.25, 0.3) is 0 Å². The van der Waals surface area contributed by atoms with E-state index in [2.05, 4.69) is 20.7 Å². The van der Waals surface area contributed by atoms with Gasteiger partial charge in [0, 0.05) is 13.6 Å². The summed E-state index contributed by atoms with van der Waals surface area (Å²) in [6, 6.07) is -0.514. The molecule has 0 atom stereocenters. The van der Waals surface area contributed by atoms with Crippen LogP contribution in [0.25, 0.3) is 0 Å². The molecule has 0 aliphatic carbocycles. The summed E-state index contributed by atoms with van der Waals surface area (Å²) in [6.07, 6.45) is 0. The minimum absolute atomic E-state index is 0.168. The van der Waals surface area contributed by atoms with Gasteiger partial charge in [-0.25, -0.2) is 4.79 Å². The average Bonchev–Trinajstić information content (AvgIpc) is 2.33. The molecule has 0 aliphatic heterocycles. The molecular formula is C11H21N3O4. The molecule has 0 aromatic rings. The first kappa shape index (κ1) is 16.2. The van der Waals surface area contributed by atoms with Crippen molar-refractivity contribution >= 4 is 17.9 Å². The highest BCUT2D eigenvalue weighted by Crippen LogP contribution is 2.12. The molecule has 0 radical (unpaired) electrons. The molecule has 7 heteroatoms. The maximum Gasteiger partial charge on any atom is 0.325 e. The van der Waals surface area contributed by atoms with Crippen LogP contribution in [-0.4, -0.2) is 44.7 Å². The second-order valence-electron chi connectivity index (χ2n) is 4.30. The molecule has 0 bridgehead atoms. The second-order valence-corrected chi connectivity index (χ2v) is 4.30. The fourth-order valence-electron chi connectivity index (χ4n) is 1.15. The van der Waals surface area contributed by atoms with E-state index in [1.807, 2.05) is 0 Å². The normalized spacial score (nSPS) is 10.4. The summed E-state index contributed by atoms with van der Waals surface area (Å²) < 4.78 is 4.65. The molecule has 0 heterocycles. The monoisotopic (exact) mass is 259 g/mol. The zero-order valence-electron chi connectivity index (χ0n) is 11.3. The summed E-state index contributed by atoms with van der Waals surface area (Å²) in [6.45, 7) is 5.34. The SMILES string of the molecule is CCOC(=O)CNC(=O)NCC(C)(C)C(=O)NC. The number of carbonyl (C=O) groups excluding carboxylic acids is 3. The van der Waals surface area contributed by atoms with E-state index < -0.39 is 17.4 Å². The fraction of sp³-hybridized carbons (Fsp3) is 0.727. The van der Waals surface area contributed by atoms with E-state index in [0.717, 1.165) is 0 Å². The number of nitrogens with one attached hydrogen (secondary N) is 3. The Morgan fingerprint density at radius 1 is 1.17 bits per heavy atom. The highest BCUT2D eigenvalue weighted by Gasteiger charge is 2.26. The Balaban J connectivity index is 3.97. The van der Waals surface area contributed by atoms with Gasteiger partial charge in [0.05, 0.1) is 12.0 Å². The van der Waals surface area contributed by atoms with Gasteiger partial charge in [0.15, 0.2) is 0 Å². The standard InChI is InChI=1S/C11H21N3O4/c1-5-18-8(15)6-13-10(17)14-7-11(2,3)9(16)12-4/h5-7H2,1-4H3,(H,12,16)(H2,13,14,17). The molecular weight excluding hydrogens is 238 g/mol. The number of carbonyl (C=O) groups is 3. The third-order valence-electron chi connectivity index (χ3n) is 2.23. The van der Waals surface area contributed by atoms with E-state index >= 15 is 0 Å². The van der Waals surface area contributed by atoms with Crippen LogP contribution >= 0.6 is 0 Å². The maximum absolute atomic E-state index is 11.4. The Bertz CT molecular complexity index is 315. The van der Waals surface area contributed by atoms with E-state index in [9.17, 15) is 14.4 Å². The molecule has 0 spiro atoms. The van der Waals surface area contributed by atoms with Crippen molar-refractivity contribution in [3.63, 3.8) is 0 Å². The summed E-state index contributed by atoms with van der Waals surface area (Å²) in [5, 5.41) is 7.37. The number of rotatable bonds is 6. The lowest BCUT2D eigenvalue weighted by Gasteiger charge is -2.22. The van der Waals surface area contributed by atoms with Crippen LogP contribution in [0.2, 0.25) is 0 Å². The number of esters is 1. The summed E-state index contributed by atoms with van der Waals surface area (Å²) in [4.78, 5) is 33.8. The Labute approximate surface area is 107 Å². The highest BCUT2D eigenvalue weighted by atomic mass is 16.5. The average molecular weight is 259 g/mol. The summed E-state index contributed by atoms with van der Waals surface area (Å²) in [5.41, 5.74) is -0.712. The lowest BCUT2D eigenvalue weighted by Crippen LogP contribution is -2.47. The van der Waals surface area contributed by atoms with Crippen molar-refractivity contribution in [2.24, 2.45) is 5.41 Å². The molecule has 0 rings (SSSR count). The van der Waals surface area contributed by atoms with Crippen molar-refractivity contribution in [2.45, 2.75) is 20.8 Å². The van der Waals surface area contributed by atoms with Crippen LogP contribution in [0.15, 0.2) is 0 Å². The van der Waals surface area contributed by atoms with E-state index in [-0.39, 0.29) is 25.6 Å². The molecule has 0 fully saturated rings. The number of hydrogen-bond acceptors (Lipinski definition) is 4. The first-order valence-electron chi connectivity index (χ1n) is 5.73. The van der Waals surface area contributed by atoms with Crippen molar-refractivity contribution in [1.82, 2.24) is 16.0 Å². The van der Waals surface area contributed by atoms with Crippen LogP contribution in [0.3, 0.4) is 0 Å². The van der Waals surface area contributed by atoms with E-state index in [4.69, 9.17) is 0 Å². The molecule has 0 aliphatic rings. The molecule has 0 saturated carbocycles. The molecule has 0 unspecified atom stereocenters. The van der Waals surface area contributed by atoms with Crippen LogP contribution in [0.4, 0.5) is 4.79 Å². The van der Waals surface area contributed by atoms with Crippen LogP contribution in [0.1, 0.15) is 20.8 Å². The van der Waals surface area contributed by atoms with Gasteiger partial charge in [0.2, 0.25) is 5.91 Å². The molecule has 7 nitrogen and oxygen atoms in total. The third kappa shape index (κ3) is 6.07. The summed E-state index contributed by atoms with van der Waals surface area (Å²) in [5.74, 6) is -0.675. The van der Waals surface area contributed by atoms with Gasteiger partial charge in [-0.15, -0.1) is 0 Å². The van der Waals surface area contributed by atoms with Crippen LogP contribution in [-0.2, 0) is 14.3 Å². The van der Waals surface area contributed by atoms with Crippen molar-refractivity contribution < 1.29 is 19.1 Å². The number of ether oxygens (including phenoxy) is 1. The summed E-state index contributed by atoms with van der Waals surface area (Å²) >= 11 is 0. The predicted octanol–water partition coefficient (Wildman–Crippen LogP) is -0.379. The Kier molecular flexibility index (Phi) is 6.77. The van der Waals surface area contributed by atoms with Gasteiger partial charge in [0.1, 0.15) is 6.54 Å². The lowest BCUT2D eigenvalue weighted by atomic mass is 9.92. The topological polar surface area (TPSA) is 96.5 Å². The van der Waals surface area contributed by atoms with E-state index in [1.54, 1.807) is 20.8 Å². The third-order valence-corrected chi connectivity index (χ3v) is 2.23. The zero-order chi connectivity index (χ0) is 14.2. The van der Waals surface area contributed by atoms with Gasteiger partial charge in [-0.3, -0.25) is 9.59 Å². The van der Waals surface area contributed by atoms with Gasteiger partial charge in [-0.1, -0.05) is 0 Å². The summed E-state index contributed by atoms with van der Waals surface area (Å²) in [7, 11) is 1.53.